The van der Waals surface area contributed by atoms with Crippen LogP contribution in [0.2, 0.25) is 0 Å². The van der Waals surface area contributed by atoms with Gasteiger partial charge in [0.25, 0.3) is 0 Å². The SMILES string of the molecule is CCNC(=O)N1CC2CCC(C1)N2CCCNc1ccc(C#N)cc1. The normalized spacial score (nSPS) is 22.5. The number of hydrogen-bond acceptors (Lipinski definition) is 4. The molecule has 1 aromatic rings. The summed E-state index contributed by atoms with van der Waals surface area (Å²) in [5.41, 5.74) is 1.75. The number of likely N-dealkylation sites (tertiary alicyclic amines) is 1. The van der Waals surface area contributed by atoms with Gasteiger partial charge in [-0.3, -0.25) is 4.90 Å². The number of amides is 2. The van der Waals surface area contributed by atoms with E-state index in [0.29, 0.717) is 24.2 Å². The summed E-state index contributed by atoms with van der Waals surface area (Å²) in [4.78, 5) is 16.6. The summed E-state index contributed by atoms with van der Waals surface area (Å²) in [6.07, 6.45) is 3.47. The van der Waals surface area contributed by atoms with E-state index >= 15 is 0 Å². The van der Waals surface area contributed by atoms with Crippen LogP contribution in [-0.2, 0) is 0 Å². The molecular formula is C19H27N5O. The Bertz CT molecular complexity index is 610. The Morgan fingerprint density at radius 3 is 2.52 bits per heavy atom. The maximum atomic E-state index is 12.1. The molecule has 0 spiro atoms. The summed E-state index contributed by atoms with van der Waals surface area (Å²) in [7, 11) is 0. The molecule has 2 heterocycles. The summed E-state index contributed by atoms with van der Waals surface area (Å²) < 4.78 is 0. The Morgan fingerprint density at radius 2 is 1.92 bits per heavy atom. The van der Waals surface area contributed by atoms with Crippen LogP contribution in [0.1, 0.15) is 31.7 Å². The molecule has 2 aliphatic heterocycles. The molecule has 2 N–H and O–H groups in total. The molecule has 25 heavy (non-hydrogen) atoms. The highest BCUT2D eigenvalue weighted by molar-refractivity contribution is 5.74. The number of urea groups is 1. The van der Waals surface area contributed by atoms with Crippen LogP contribution in [0.4, 0.5) is 10.5 Å². The molecule has 1 aromatic carbocycles. The molecule has 6 nitrogen and oxygen atoms in total. The predicted octanol–water partition coefficient (Wildman–Crippen LogP) is 2.24. The third kappa shape index (κ3) is 4.23. The number of carbonyl (C=O) groups is 1. The first kappa shape index (κ1) is 17.6. The van der Waals surface area contributed by atoms with Gasteiger partial charge in [-0.05, 0) is 50.5 Å². The summed E-state index contributed by atoms with van der Waals surface area (Å²) in [6, 6.07) is 10.8. The van der Waals surface area contributed by atoms with Crippen LogP contribution in [0.3, 0.4) is 0 Å². The summed E-state index contributed by atoms with van der Waals surface area (Å²) in [5, 5.41) is 15.2. The van der Waals surface area contributed by atoms with Crippen LogP contribution < -0.4 is 10.6 Å². The lowest BCUT2D eigenvalue weighted by molar-refractivity contribution is 0.0827. The fourth-order valence-corrected chi connectivity index (χ4v) is 3.94. The van der Waals surface area contributed by atoms with Crippen molar-refractivity contribution in [3.05, 3.63) is 29.8 Å². The number of nitrogens with zero attached hydrogens (tertiary/aromatic N) is 3. The molecule has 0 aliphatic carbocycles. The monoisotopic (exact) mass is 341 g/mol. The zero-order chi connectivity index (χ0) is 17.6. The van der Waals surface area contributed by atoms with Gasteiger partial charge in [-0.2, -0.15) is 5.26 Å². The zero-order valence-corrected chi connectivity index (χ0v) is 14.9. The van der Waals surface area contributed by atoms with E-state index in [1.807, 2.05) is 36.1 Å². The number of rotatable bonds is 6. The van der Waals surface area contributed by atoms with Crippen molar-refractivity contribution in [3.63, 3.8) is 0 Å². The number of nitrogens with one attached hydrogen (secondary N) is 2. The topological polar surface area (TPSA) is 71.4 Å². The zero-order valence-electron chi connectivity index (χ0n) is 14.9. The number of nitriles is 1. The van der Waals surface area contributed by atoms with Crippen LogP contribution in [0.25, 0.3) is 0 Å². The van der Waals surface area contributed by atoms with Gasteiger partial charge < -0.3 is 15.5 Å². The number of carbonyl (C=O) groups excluding carboxylic acids is 1. The van der Waals surface area contributed by atoms with Gasteiger partial charge >= 0.3 is 6.03 Å². The maximum Gasteiger partial charge on any atom is 0.317 e. The lowest BCUT2D eigenvalue weighted by Gasteiger charge is -2.41. The van der Waals surface area contributed by atoms with Gasteiger partial charge in [0.2, 0.25) is 0 Å². The molecule has 2 atom stereocenters. The molecule has 3 rings (SSSR count). The van der Waals surface area contributed by atoms with Crippen LogP contribution in [0.15, 0.2) is 24.3 Å². The van der Waals surface area contributed by atoms with Crippen molar-refractivity contribution in [3.8, 4) is 6.07 Å². The molecule has 2 unspecified atom stereocenters. The van der Waals surface area contributed by atoms with Gasteiger partial charge in [-0.1, -0.05) is 0 Å². The molecule has 134 valence electrons. The maximum absolute atomic E-state index is 12.1. The Morgan fingerprint density at radius 1 is 1.24 bits per heavy atom. The van der Waals surface area contributed by atoms with Gasteiger partial charge in [-0.25, -0.2) is 4.79 Å². The van der Waals surface area contributed by atoms with Gasteiger partial charge in [0.15, 0.2) is 0 Å². The van der Waals surface area contributed by atoms with Crippen molar-refractivity contribution in [2.45, 2.75) is 38.3 Å². The number of fused-ring (bicyclic) bond motifs is 2. The second-order valence-electron chi connectivity index (χ2n) is 6.83. The van der Waals surface area contributed by atoms with E-state index in [1.54, 1.807) is 0 Å². The molecule has 0 radical (unpaired) electrons. The molecule has 0 saturated carbocycles. The third-order valence-corrected chi connectivity index (χ3v) is 5.18. The summed E-state index contributed by atoms with van der Waals surface area (Å²) in [6.45, 7) is 6.35. The van der Waals surface area contributed by atoms with Gasteiger partial charge in [0.05, 0.1) is 11.6 Å². The van der Waals surface area contributed by atoms with Crippen LogP contribution in [-0.4, -0.2) is 60.6 Å². The molecule has 2 fully saturated rings. The quantitative estimate of drug-likeness (QED) is 0.779. The first-order chi connectivity index (χ1) is 12.2. The van der Waals surface area contributed by atoms with Crippen LogP contribution in [0.5, 0.6) is 0 Å². The summed E-state index contributed by atoms with van der Waals surface area (Å²) in [5.74, 6) is 0. The first-order valence-corrected chi connectivity index (χ1v) is 9.23. The average molecular weight is 341 g/mol. The molecule has 2 amide bonds. The number of piperazine rings is 1. The van der Waals surface area contributed by atoms with Crippen molar-refractivity contribution < 1.29 is 4.79 Å². The minimum atomic E-state index is 0.0848. The minimum Gasteiger partial charge on any atom is -0.385 e. The smallest absolute Gasteiger partial charge is 0.317 e. The predicted molar refractivity (Wildman–Crippen MR) is 98.4 cm³/mol. The number of hydrogen-bond donors (Lipinski definition) is 2. The van der Waals surface area contributed by atoms with E-state index in [2.05, 4.69) is 21.6 Å². The van der Waals surface area contributed by atoms with Crippen molar-refractivity contribution in [2.24, 2.45) is 0 Å². The lowest BCUT2D eigenvalue weighted by atomic mass is 10.1. The van der Waals surface area contributed by atoms with Crippen LogP contribution in [0, 0.1) is 11.3 Å². The summed E-state index contributed by atoms with van der Waals surface area (Å²) >= 11 is 0. The first-order valence-electron chi connectivity index (χ1n) is 9.23. The second kappa shape index (κ2) is 8.21. The fourth-order valence-electron chi connectivity index (χ4n) is 3.94. The highest BCUT2D eigenvalue weighted by Gasteiger charge is 2.40. The third-order valence-electron chi connectivity index (χ3n) is 5.18. The Kier molecular flexibility index (Phi) is 5.77. The van der Waals surface area contributed by atoms with Crippen molar-refractivity contribution >= 4 is 11.7 Å². The van der Waals surface area contributed by atoms with E-state index in [1.165, 1.54) is 12.8 Å². The fraction of sp³-hybridized carbons (Fsp3) is 0.579. The van der Waals surface area contributed by atoms with Gasteiger partial charge in [0, 0.05) is 50.5 Å². The highest BCUT2D eigenvalue weighted by atomic mass is 16.2. The van der Waals surface area contributed by atoms with E-state index < -0.39 is 0 Å². The van der Waals surface area contributed by atoms with E-state index in [4.69, 9.17) is 5.26 Å². The average Bonchev–Trinajstić information content (AvgIpc) is 2.87. The van der Waals surface area contributed by atoms with Crippen LogP contribution >= 0.6 is 0 Å². The Labute approximate surface area is 149 Å². The molecule has 0 aromatic heterocycles. The van der Waals surface area contributed by atoms with E-state index in [9.17, 15) is 4.79 Å². The van der Waals surface area contributed by atoms with Crippen molar-refractivity contribution in [1.29, 1.82) is 5.26 Å². The molecule has 2 saturated heterocycles. The molecular weight excluding hydrogens is 314 g/mol. The highest BCUT2D eigenvalue weighted by Crippen LogP contribution is 2.30. The minimum absolute atomic E-state index is 0.0848. The number of anilines is 1. The Balaban J connectivity index is 1.42. The second-order valence-corrected chi connectivity index (χ2v) is 6.83. The van der Waals surface area contributed by atoms with E-state index in [-0.39, 0.29) is 6.03 Å². The largest absolute Gasteiger partial charge is 0.385 e. The standard InChI is InChI=1S/C19H27N5O/c1-2-21-19(25)23-13-17-8-9-18(14-23)24(17)11-3-10-22-16-6-4-15(12-20)5-7-16/h4-7,17-18,22H,2-3,8-11,13-14H2,1H3,(H,21,25). The van der Waals surface area contributed by atoms with Crippen molar-refractivity contribution in [2.75, 3.05) is 38.0 Å². The molecule has 2 bridgehead atoms. The van der Waals surface area contributed by atoms with E-state index in [0.717, 1.165) is 38.3 Å². The van der Waals surface area contributed by atoms with Gasteiger partial charge in [0.1, 0.15) is 0 Å². The van der Waals surface area contributed by atoms with Crippen molar-refractivity contribution in [1.82, 2.24) is 15.1 Å². The lowest BCUT2D eigenvalue weighted by Crippen LogP contribution is -2.57. The number of benzene rings is 1. The molecule has 2 aliphatic rings. The molecule has 6 heteroatoms. The Hall–Kier alpha value is -2.26. The van der Waals surface area contributed by atoms with Gasteiger partial charge in [-0.15, -0.1) is 0 Å².